The van der Waals surface area contributed by atoms with E-state index in [0.717, 1.165) is 112 Å². The van der Waals surface area contributed by atoms with Gasteiger partial charge < -0.3 is 141 Å². The van der Waals surface area contributed by atoms with Crippen LogP contribution in [0.1, 0.15) is 125 Å². The average molecular weight is 1760 g/mol. The number of ether oxygens (including phenoxy) is 16. The maximum absolute atomic E-state index is 12.7. The minimum Gasteiger partial charge on any atom is -0.479 e. The fourth-order valence-corrected chi connectivity index (χ4v) is 13.9. The van der Waals surface area contributed by atoms with Crippen molar-refractivity contribution < 1.29 is 164 Å². The van der Waals surface area contributed by atoms with Crippen LogP contribution < -0.4 is 5.32 Å². The zero-order chi connectivity index (χ0) is 91.8. The molecule has 8 fully saturated rings. The number of hydrogen-bond donors (Lipinski definition) is 8. The number of esters is 5. The van der Waals surface area contributed by atoms with Crippen molar-refractivity contribution >= 4 is 65.5 Å². The molecule has 0 aromatic heterocycles. The Bertz CT molecular complexity index is 3280. The molecule has 0 bridgehead atoms. The molecule has 9 aliphatic rings. The van der Waals surface area contributed by atoms with Gasteiger partial charge in [-0.2, -0.15) is 0 Å². The van der Waals surface area contributed by atoms with Crippen molar-refractivity contribution in [3.8, 4) is 0 Å². The summed E-state index contributed by atoms with van der Waals surface area (Å²) in [6, 6.07) is 0.223. The van der Waals surface area contributed by atoms with Crippen LogP contribution in [0.3, 0.4) is 0 Å². The molecular formula is C83H136N6O34. The van der Waals surface area contributed by atoms with Gasteiger partial charge in [0.05, 0.1) is 145 Å². The second kappa shape index (κ2) is 59.0. The molecule has 5 amide bonds. The zero-order valence-electron chi connectivity index (χ0n) is 73.0. The first-order valence-corrected chi connectivity index (χ1v) is 41.4. The predicted molar refractivity (Wildman–Crippen MR) is 437 cm³/mol. The monoisotopic (exact) mass is 1760 g/mol. The molecule has 16 atom stereocenters. The number of nitrogens with zero attached hydrogens (tertiary/aromatic N) is 5. The molecule has 8 N–H and O–H groups in total. The highest BCUT2D eigenvalue weighted by molar-refractivity contribution is 5.91. The Kier molecular flexibility index (Phi) is 52.4. The van der Waals surface area contributed by atoms with E-state index in [1.807, 2.05) is 20.8 Å². The van der Waals surface area contributed by atoms with E-state index in [9.17, 15) is 78.3 Å². The first-order valence-electron chi connectivity index (χ1n) is 41.4. The molecule has 0 aliphatic carbocycles. The van der Waals surface area contributed by atoms with Crippen LogP contribution in [-0.4, -0.2) is 402 Å². The Labute approximate surface area is 720 Å². The van der Waals surface area contributed by atoms with Gasteiger partial charge in [-0.15, -0.1) is 26.3 Å². The Morgan fingerprint density at radius 1 is 0.528 bits per heavy atom. The van der Waals surface area contributed by atoms with Crippen molar-refractivity contribution in [2.75, 3.05) is 167 Å². The molecule has 8 saturated heterocycles. The van der Waals surface area contributed by atoms with Crippen molar-refractivity contribution in [1.29, 1.82) is 0 Å². The largest absolute Gasteiger partial charge is 0.479 e. The second-order valence-corrected chi connectivity index (χ2v) is 30.8. The zero-order valence-corrected chi connectivity index (χ0v) is 73.0. The minimum absolute atomic E-state index is 0.00783. The quantitative estimate of drug-likeness (QED) is 0.0230. The third-order valence-electron chi connectivity index (χ3n) is 20.1. The van der Waals surface area contributed by atoms with Gasteiger partial charge in [0.25, 0.3) is 23.6 Å². The van der Waals surface area contributed by atoms with Crippen molar-refractivity contribution in [1.82, 2.24) is 29.8 Å². The molecular weight excluding hydrogens is 1620 g/mol. The molecule has 9 heterocycles. The lowest BCUT2D eigenvalue weighted by Crippen LogP contribution is -2.51. The number of rotatable bonds is 28. The van der Waals surface area contributed by atoms with Crippen molar-refractivity contribution in [2.24, 2.45) is 0 Å². The number of carbonyl (C=O) groups is 11. The fraction of sp³-hybridized carbons (Fsp3) is 0.747. The van der Waals surface area contributed by atoms with Crippen LogP contribution in [0.15, 0.2) is 62.8 Å². The lowest BCUT2D eigenvalue weighted by Gasteiger charge is -2.29. The molecule has 40 heteroatoms. The Hall–Kier alpha value is -8.01. The molecule has 9 aliphatic heterocycles. The predicted octanol–water partition coefficient (Wildman–Crippen LogP) is 0.633. The molecule has 0 radical (unpaired) electrons. The maximum atomic E-state index is 12.7. The van der Waals surface area contributed by atoms with Gasteiger partial charge in [-0.25, -0.2) is 33.6 Å². The SMILES string of the molecule is C=CCOC[C@H]1CCCN1.C=CCOC[C@H]1CCCN1C(=O)[C@H](O)[C@@H](O)C(=O)OC.C=CCOC[C@H]1CCCN1C(=O)[C@H](OCC=C)[C@@H](O)C(=O)OC.CC(C)(C)OC(=O)N1CCC[C@@H]1CO.COC(=O)[C@@H]1OC(C)(C)O[C@H]1C(=O)O.COC(=O)[C@H](O)[C@H]1OC/C=C\COC[C@H]2CCCN2C1=O.COC(=O)[C@H](O)[C@H]1OCCCCOC[C@H]2CCCN2C1=O. The van der Waals surface area contributed by atoms with E-state index in [4.69, 9.17) is 62.3 Å². The van der Waals surface area contributed by atoms with E-state index < -0.39 is 126 Å². The number of amides is 5. The normalized spacial score (nSPS) is 25.4. The first kappa shape index (κ1) is 109. The van der Waals surface area contributed by atoms with E-state index >= 15 is 0 Å². The smallest absolute Gasteiger partial charge is 0.410 e. The molecule has 0 unspecified atom stereocenters. The van der Waals surface area contributed by atoms with Crippen LogP contribution in [0.25, 0.3) is 0 Å². The summed E-state index contributed by atoms with van der Waals surface area (Å²) in [6.07, 6.45) is 7.33. The molecule has 9 rings (SSSR count). The average Bonchev–Trinajstić information content (AvgIpc) is 1.59. The number of carbonyl (C=O) groups excluding carboxylic acids is 10. The number of hydrogen-bond acceptors (Lipinski definition) is 34. The highest BCUT2D eigenvalue weighted by Crippen LogP contribution is 2.30. The van der Waals surface area contributed by atoms with Gasteiger partial charge >= 0.3 is 41.9 Å². The number of aliphatic hydroxyl groups is 6. The molecule has 702 valence electrons. The van der Waals surface area contributed by atoms with E-state index in [2.05, 4.69) is 55.3 Å². The first-order chi connectivity index (χ1) is 58.6. The fourth-order valence-electron chi connectivity index (χ4n) is 13.9. The lowest BCUT2D eigenvalue weighted by molar-refractivity contribution is -0.170. The van der Waals surface area contributed by atoms with Gasteiger partial charge in [-0.1, -0.05) is 36.5 Å². The Balaban J connectivity index is 0.000000375. The molecule has 0 aromatic carbocycles. The van der Waals surface area contributed by atoms with Gasteiger partial charge in [0.1, 0.15) is 5.60 Å². The second-order valence-electron chi connectivity index (χ2n) is 30.8. The van der Waals surface area contributed by atoms with Crippen LogP contribution in [0.5, 0.6) is 0 Å². The minimum atomic E-state index is -1.87. The highest BCUT2D eigenvalue weighted by atomic mass is 16.8. The number of methoxy groups -OCH3 is 5. The Morgan fingerprint density at radius 2 is 0.992 bits per heavy atom. The van der Waals surface area contributed by atoms with E-state index in [0.29, 0.717) is 111 Å². The highest BCUT2D eigenvalue weighted by Gasteiger charge is 2.51. The van der Waals surface area contributed by atoms with Crippen LogP contribution >= 0.6 is 0 Å². The summed E-state index contributed by atoms with van der Waals surface area (Å²) in [6.45, 7) is 32.3. The molecule has 0 spiro atoms. The number of nitrogens with one attached hydrogen (secondary N) is 1. The number of likely N-dealkylation sites (tertiary alicyclic amines) is 3. The van der Waals surface area contributed by atoms with E-state index in [1.54, 1.807) is 50.0 Å². The Morgan fingerprint density at radius 3 is 1.48 bits per heavy atom. The van der Waals surface area contributed by atoms with Crippen LogP contribution in [0, 0.1) is 0 Å². The molecule has 123 heavy (non-hydrogen) atoms. The number of aliphatic carboxylic acids is 1. The van der Waals surface area contributed by atoms with Gasteiger partial charge in [0.15, 0.2) is 66.8 Å². The maximum Gasteiger partial charge on any atom is 0.410 e. The van der Waals surface area contributed by atoms with Gasteiger partial charge in [-0.3, -0.25) is 19.2 Å². The molecule has 0 saturated carbocycles. The standard InChI is InChI=1S/C16H25NO6.C14H23NO6.C14H21NO6.C13H21NO6.C10H19NO3.C8H15NO.C8H12O6/c1-4-9-22-11-12-7-6-8-17(12)15(19)14(23-10-5-2)13(18)16(20)21-3;2*1-19-14(18)11(16)12-13(17)15-6-4-5-10(15)9-20-7-2-3-8-21-12;1-3-7-20-8-9-5-4-6-14(9)12(17)10(15)11(16)13(18)19-2;1-10(2,3)14-9(13)11-6-4-5-8(11)7-12;1-2-6-10-7-8-4-3-5-9-8;1-8(2)13-4(6(9)10)5(14-8)7(11)12-3/h4-5,12-14,18H,1-2,6-11H2,3H3;10-12,16H,2-9H2,1H3;2-3,10-12,16H,4-9H2,1H3;3,9-11,15-16H,1,4-8H2,2H3;8,12H,4-7H2,1-3H3;2,8-9H,1,3-7H2;4-5H,1-3H3,(H,9,10)/b;;3-2-;;;;/t12-,13-,14-;2*10-,11-,12-;9-,10-,11-;2*8-;4-,5-/m1111111/s1. The number of carboxylic acids is 1. The summed E-state index contributed by atoms with van der Waals surface area (Å²) in [5, 5.41) is 70.4. The number of carboxylic acid groups (broad SMARTS) is 1. The summed E-state index contributed by atoms with van der Waals surface area (Å²) < 4.78 is 80.8. The van der Waals surface area contributed by atoms with Crippen molar-refractivity contribution in [3.63, 3.8) is 0 Å². The topological polar surface area (TPSA) is 505 Å². The molecule has 40 nitrogen and oxygen atoms in total. The van der Waals surface area contributed by atoms with Gasteiger partial charge in [0, 0.05) is 52.0 Å². The van der Waals surface area contributed by atoms with Crippen molar-refractivity contribution in [2.45, 2.75) is 233 Å². The lowest BCUT2D eigenvalue weighted by atomic mass is 10.1. The van der Waals surface area contributed by atoms with Gasteiger partial charge in [-0.05, 0) is 131 Å². The van der Waals surface area contributed by atoms with Crippen LogP contribution in [0.4, 0.5) is 4.79 Å². The number of fused-ring (bicyclic) bond motifs is 2. The van der Waals surface area contributed by atoms with Crippen LogP contribution in [-0.2, 0) is 124 Å². The van der Waals surface area contributed by atoms with Gasteiger partial charge in [0.2, 0.25) is 0 Å². The van der Waals surface area contributed by atoms with Crippen LogP contribution in [0.2, 0.25) is 0 Å². The third kappa shape index (κ3) is 37.6. The summed E-state index contributed by atoms with van der Waals surface area (Å²) >= 11 is 0. The van der Waals surface area contributed by atoms with Crippen molar-refractivity contribution in [3.05, 3.63) is 62.8 Å². The summed E-state index contributed by atoms with van der Waals surface area (Å²) in [5.74, 6) is -8.64. The number of aliphatic hydroxyl groups excluding tert-OH is 6. The third-order valence-corrected chi connectivity index (χ3v) is 20.1. The van der Waals surface area contributed by atoms with E-state index in [-0.39, 0.29) is 62.0 Å². The van der Waals surface area contributed by atoms with E-state index in [1.165, 1.54) is 44.8 Å². The summed E-state index contributed by atoms with van der Waals surface area (Å²) in [5.41, 5.74) is -0.459. The molecule has 0 aromatic rings. The summed E-state index contributed by atoms with van der Waals surface area (Å²) in [7, 11) is 5.71. The summed E-state index contributed by atoms with van der Waals surface area (Å²) in [4.78, 5) is 137.